The van der Waals surface area contributed by atoms with E-state index in [9.17, 15) is 4.79 Å². The van der Waals surface area contributed by atoms with Crippen molar-refractivity contribution in [3.8, 4) is 0 Å². The van der Waals surface area contributed by atoms with Gasteiger partial charge in [-0.25, -0.2) is 4.79 Å². The highest BCUT2D eigenvalue weighted by molar-refractivity contribution is 5.82. The Morgan fingerprint density at radius 1 is 1.50 bits per heavy atom. The topological polar surface area (TPSA) is 35.5 Å². The number of esters is 1. The fourth-order valence-electron chi connectivity index (χ4n) is 1.34. The molecular weight excluding hydrogens is 180 g/mol. The van der Waals surface area contributed by atoms with Crippen molar-refractivity contribution in [3.63, 3.8) is 0 Å². The molecule has 3 heteroatoms. The summed E-state index contributed by atoms with van der Waals surface area (Å²) in [6.45, 7) is 1.67. The third kappa shape index (κ3) is 4.23. The van der Waals surface area contributed by atoms with Gasteiger partial charge in [0.05, 0.1) is 13.7 Å². The van der Waals surface area contributed by atoms with Gasteiger partial charge in [-0.15, -0.1) is 0 Å². The Hall–Kier alpha value is -1.09. The smallest absolute Gasteiger partial charge is 0.330 e. The average Bonchev–Trinajstić information content (AvgIpc) is 2.25. The van der Waals surface area contributed by atoms with E-state index in [4.69, 9.17) is 4.74 Å². The molecule has 1 unspecified atom stereocenters. The first-order valence-electron chi connectivity index (χ1n) is 4.83. The van der Waals surface area contributed by atoms with E-state index >= 15 is 0 Å². The molecule has 0 radical (unpaired) electrons. The molecule has 0 spiro atoms. The summed E-state index contributed by atoms with van der Waals surface area (Å²) in [7, 11) is 1.37. The van der Waals surface area contributed by atoms with Gasteiger partial charge in [-0.05, 0) is 12.8 Å². The molecule has 0 aromatic carbocycles. The third-order valence-electron chi connectivity index (χ3n) is 2.12. The summed E-state index contributed by atoms with van der Waals surface area (Å²) in [5, 5.41) is 0. The van der Waals surface area contributed by atoms with Gasteiger partial charge in [0.1, 0.15) is 0 Å². The molecule has 0 aromatic rings. The first-order valence-corrected chi connectivity index (χ1v) is 4.83. The van der Waals surface area contributed by atoms with E-state index in [2.05, 4.69) is 10.8 Å². The van der Waals surface area contributed by atoms with Crippen molar-refractivity contribution < 1.29 is 14.3 Å². The van der Waals surface area contributed by atoms with Crippen LogP contribution in [-0.4, -0.2) is 26.3 Å². The SMILES string of the molecule is COC(=O)/C=C\C=C\C1CCCOC1. The minimum atomic E-state index is -0.324. The van der Waals surface area contributed by atoms with Crippen molar-refractivity contribution in [2.24, 2.45) is 5.92 Å². The lowest BCUT2D eigenvalue weighted by molar-refractivity contribution is -0.134. The van der Waals surface area contributed by atoms with Gasteiger partial charge in [-0.1, -0.05) is 18.2 Å². The van der Waals surface area contributed by atoms with E-state index in [0.29, 0.717) is 5.92 Å². The minimum Gasteiger partial charge on any atom is -0.466 e. The molecular formula is C11H16O3. The number of hydrogen-bond acceptors (Lipinski definition) is 3. The second-order valence-corrected chi connectivity index (χ2v) is 3.24. The van der Waals surface area contributed by atoms with E-state index in [1.165, 1.54) is 19.6 Å². The van der Waals surface area contributed by atoms with Crippen molar-refractivity contribution in [1.82, 2.24) is 0 Å². The zero-order valence-corrected chi connectivity index (χ0v) is 8.44. The maximum Gasteiger partial charge on any atom is 0.330 e. The fraction of sp³-hybridized carbons (Fsp3) is 0.545. The summed E-state index contributed by atoms with van der Waals surface area (Å²) in [5.74, 6) is 0.167. The maximum atomic E-state index is 10.7. The summed E-state index contributed by atoms with van der Waals surface area (Å²) in [6, 6.07) is 0. The Morgan fingerprint density at radius 3 is 3.00 bits per heavy atom. The van der Waals surface area contributed by atoms with Crippen LogP contribution in [0.2, 0.25) is 0 Å². The van der Waals surface area contributed by atoms with Gasteiger partial charge in [0.2, 0.25) is 0 Å². The number of hydrogen-bond donors (Lipinski definition) is 0. The highest BCUT2D eigenvalue weighted by Crippen LogP contribution is 2.14. The van der Waals surface area contributed by atoms with Gasteiger partial charge in [0.25, 0.3) is 0 Å². The number of ether oxygens (including phenoxy) is 2. The molecule has 1 heterocycles. The van der Waals surface area contributed by atoms with Crippen molar-refractivity contribution >= 4 is 5.97 Å². The Kier molecular flexibility index (Phi) is 5.00. The maximum absolute atomic E-state index is 10.7. The Morgan fingerprint density at radius 2 is 2.36 bits per heavy atom. The molecule has 0 saturated carbocycles. The lowest BCUT2D eigenvalue weighted by Crippen LogP contribution is -2.14. The van der Waals surface area contributed by atoms with Crippen LogP contribution in [0.4, 0.5) is 0 Å². The summed E-state index contributed by atoms with van der Waals surface area (Å²) in [5.41, 5.74) is 0. The van der Waals surface area contributed by atoms with E-state index in [1.807, 2.05) is 6.08 Å². The molecule has 1 aliphatic rings. The normalized spacial score (nSPS) is 23.1. The average molecular weight is 196 g/mol. The van der Waals surface area contributed by atoms with Crippen LogP contribution in [-0.2, 0) is 14.3 Å². The Balaban J connectivity index is 2.24. The Labute approximate surface area is 84.4 Å². The predicted octanol–water partition coefficient (Wildman–Crippen LogP) is 1.70. The third-order valence-corrected chi connectivity index (χ3v) is 2.12. The van der Waals surface area contributed by atoms with Gasteiger partial charge in [-0.3, -0.25) is 0 Å². The molecule has 1 aliphatic heterocycles. The molecule has 0 bridgehead atoms. The molecule has 78 valence electrons. The number of carbonyl (C=O) groups excluding carboxylic acids is 1. The van der Waals surface area contributed by atoms with Crippen molar-refractivity contribution in [2.75, 3.05) is 20.3 Å². The highest BCUT2D eigenvalue weighted by Gasteiger charge is 2.09. The van der Waals surface area contributed by atoms with Crippen LogP contribution in [0.15, 0.2) is 24.3 Å². The zero-order chi connectivity index (χ0) is 10.2. The van der Waals surface area contributed by atoms with E-state index in [1.54, 1.807) is 6.08 Å². The van der Waals surface area contributed by atoms with Gasteiger partial charge in [0.15, 0.2) is 0 Å². The van der Waals surface area contributed by atoms with Gasteiger partial charge < -0.3 is 9.47 Å². The number of methoxy groups -OCH3 is 1. The summed E-state index contributed by atoms with van der Waals surface area (Å²) < 4.78 is 9.77. The van der Waals surface area contributed by atoms with Crippen molar-refractivity contribution in [3.05, 3.63) is 24.3 Å². The van der Waals surface area contributed by atoms with Gasteiger partial charge in [-0.2, -0.15) is 0 Å². The molecule has 1 rings (SSSR count). The van der Waals surface area contributed by atoms with Crippen molar-refractivity contribution in [1.29, 1.82) is 0 Å². The minimum absolute atomic E-state index is 0.324. The first-order chi connectivity index (χ1) is 6.83. The number of carbonyl (C=O) groups is 1. The van der Waals surface area contributed by atoms with Gasteiger partial charge >= 0.3 is 5.97 Å². The van der Waals surface area contributed by atoms with E-state index < -0.39 is 0 Å². The van der Waals surface area contributed by atoms with Crippen molar-refractivity contribution in [2.45, 2.75) is 12.8 Å². The first kappa shape index (κ1) is 11.0. The molecule has 1 atom stereocenters. The summed E-state index contributed by atoms with van der Waals surface area (Å²) in [4.78, 5) is 10.7. The van der Waals surface area contributed by atoms with Crippen LogP contribution in [0.25, 0.3) is 0 Å². The van der Waals surface area contributed by atoms with Crippen LogP contribution in [0.1, 0.15) is 12.8 Å². The molecule has 1 fully saturated rings. The van der Waals surface area contributed by atoms with Gasteiger partial charge in [0, 0.05) is 18.6 Å². The monoisotopic (exact) mass is 196 g/mol. The molecule has 0 N–H and O–H groups in total. The fourth-order valence-corrected chi connectivity index (χ4v) is 1.34. The van der Waals surface area contributed by atoms with E-state index in [-0.39, 0.29) is 5.97 Å². The molecule has 1 saturated heterocycles. The van der Waals surface area contributed by atoms with Crippen LogP contribution in [0.5, 0.6) is 0 Å². The van der Waals surface area contributed by atoms with Crippen LogP contribution in [0.3, 0.4) is 0 Å². The lowest BCUT2D eigenvalue weighted by Gasteiger charge is -2.18. The summed E-state index contributed by atoms with van der Waals surface area (Å²) in [6.07, 6.45) is 9.33. The number of rotatable bonds is 3. The second kappa shape index (κ2) is 6.38. The zero-order valence-electron chi connectivity index (χ0n) is 8.44. The molecule has 14 heavy (non-hydrogen) atoms. The summed E-state index contributed by atoms with van der Waals surface area (Å²) >= 11 is 0. The van der Waals surface area contributed by atoms with Crippen LogP contribution >= 0.6 is 0 Å². The molecule has 0 aliphatic carbocycles. The number of allylic oxidation sites excluding steroid dienone is 2. The van der Waals surface area contributed by atoms with E-state index in [0.717, 1.165) is 19.6 Å². The lowest BCUT2D eigenvalue weighted by atomic mass is 10.0. The second-order valence-electron chi connectivity index (χ2n) is 3.24. The van der Waals surface area contributed by atoms with Crippen LogP contribution < -0.4 is 0 Å². The molecule has 3 nitrogen and oxygen atoms in total. The predicted molar refractivity (Wildman–Crippen MR) is 53.8 cm³/mol. The molecule has 0 aromatic heterocycles. The standard InChI is InChI=1S/C11H16O3/c1-13-11(12)7-3-2-5-10-6-4-8-14-9-10/h2-3,5,7,10H,4,6,8-9H2,1H3/b5-2+,7-3-. The largest absolute Gasteiger partial charge is 0.466 e. The van der Waals surface area contributed by atoms with Crippen LogP contribution in [0, 0.1) is 5.92 Å². The molecule has 0 amide bonds. The Bertz CT molecular complexity index is 225. The quantitative estimate of drug-likeness (QED) is 0.391. The highest BCUT2D eigenvalue weighted by atomic mass is 16.5.